The highest BCUT2D eigenvalue weighted by molar-refractivity contribution is 6.10. The van der Waals surface area contributed by atoms with Crippen molar-refractivity contribution in [1.82, 2.24) is 15.1 Å². The summed E-state index contributed by atoms with van der Waals surface area (Å²) in [6, 6.07) is 1.69. The van der Waals surface area contributed by atoms with Gasteiger partial charge in [0.05, 0.1) is 24.6 Å². The maximum absolute atomic E-state index is 12.4. The summed E-state index contributed by atoms with van der Waals surface area (Å²) in [5, 5.41) is 25.5. The largest absolute Gasteiger partial charge is 0.506 e. The topological polar surface area (TPSA) is 134 Å². The summed E-state index contributed by atoms with van der Waals surface area (Å²) in [4.78, 5) is 21.0. The number of hydrogen-bond acceptors (Lipinski definition) is 8. The van der Waals surface area contributed by atoms with Crippen LogP contribution in [-0.4, -0.2) is 33.2 Å². The standard InChI is InChI=1S/C17H17N5O4/c1-9-12(8-19-26-9)14(23)11(7-18)15(24)21-17-20-13-6-4-3-5-10(13)16(22-17)25-2/h8,23H,3-6H2,1-2H3,(H,20,21,22,24)/b14-11-. The summed E-state index contributed by atoms with van der Waals surface area (Å²) < 4.78 is 10.1. The van der Waals surface area contributed by atoms with Gasteiger partial charge in [-0.15, -0.1) is 0 Å². The van der Waals surface area contributed by atoms with E-state index in [1.54, 1.807) is 13.0 Å². The first-order valence-corrected chi connectivity index (χ1v) is 8.05. The molecule has 1 amide bonds. The number of nitrogens with one attached hydrogen (secondary N) is 1. The van der Waals surface area contributed by atoms with Crippen molar-refractivity contribution in [3.05, 3.63) is 34.4 Å². The van der Waals surface area contributed by atoms with Crippen molar-refractivity contribution in [2.24, 2.45) is 0 Å². The Kier molecular flexibility index (Phi) is 4.84. The van der Waals surface area contributed by atoms with Crippen LogP contribution in [0.25, 0.3) is 5.76 Å². The number of nitrogens with zero attached hydrogens (tertiary/aromatic N) is 4. The Morgan fingerprint density at radius 1 is 1.38 bits per heavy atom. The lowest BCUT2D eigenvalue weighted by Gasteiger charge is -2.18. The third-order valence-electron chi connectivity index (χ3n) is 4.15. The number of nitriles is 1. The number of carbonyl (C=O) groups excluding carboxylic acids is 1. The van der Waals surface area contributed by atoms with Gasteiger partial charge in [-0.2, -0.15) is 10.2 Å². The minimum Gasteiger partial charge on any atom is -0.506 e. The van der Waals surface area contributed by atoms with E-state index in [0.29, 0.717) is 5.88 Å². The number of aryl methyl sites for hydroxylation is 2. The molecule has 1 aliphatic rings. The van der Waals surface area contributed by atoms with E-state index in [4.69, 9.17) is 9.26 Å². The van der Waals surface area contributed by atoms with Crippen LogP contribution in [0.15, 0.2) is 16.3 Å². The Hall–Kier alpha value is -3.41. The van der Waals surface area contributed by atoms with Crippen LogP contribution in [0.1, 0.15) is 35.4 Å². The zero-order chi connectivity index (χ0) is 18.7. The number of anilines is 1. The van der Waals surface area contributed by atoms with Gasteiger partial charge in [0.25, 0.3) is 5.91 Å². The van der Waals surface area contributed by atoms with Gasteiger partial charge in [0, 0.05) is 5.56 Å². The monoisotopic (exact) mass is 355 g/mol. The highest BCUT2D eigenvalue weighted by Gasteiger charge is 2.23. The highest BCUT2D eigenvalue weighted by Crippen LogP contribution is 2.28. The number of ether oxygens (including phenoxy) is 1. The van der Waals surface area contributed by atoms with Crippen molar-refractivity contribution < 1.29 is 19.2 Å². The van der Waals surface area contributed by atoms with Gasteiger partial charge in [0.1, 0.15) is 11.8 Å². The predicted octanol–water partition coefficient (Wildman–Crippen LogP) is 2.09. The average molecular weight is 355 g/mol. The van der Waals surface area contributed by atoms with Crippen molar-refractivity contribution in [2.45, 2.75) is 32.6 Å². The normalized spacial score (nSPS) is 14.0. The second-order valence-corrected chi connectivity index (χ2v) is 5.77. The molecular formula is C17H17N5O4. The number of aliphatic hydroxyl groups excluding tert-OH is 1. The van der Waals surface area contributed by atoms with Crippen LogP contribution in [0, 0.1) is 18.3 Å². The van der Waals surface area contributed by atoms with E-state index in [1.807, 2.05) is 0 Å². The molecule has 2 aromatic heterocycles. The van der Waals surface area contributed by atoms with Crippen LogP contribution >= 0.6 is 0 Å². The Morgan fingerprint density at radius 3 is 2.81 bits per heavy atom. The molecule has 9 nitrogen and oxygen atoms in total. The number of aliphatic hydroxyl groups is 1. The summed E-state index contributed by atoms with van der Waals surface area (Å²) in [7, 11) is 1.50. The number of carbonyl (C=O) groups is 1. The number of rotatable bonds is 4. The molecule has 0 fully saturated rings. The van der Waals surface area contributed by atoms with E-state index >= 15 is 0 Å². The molecule has 2 heterocycles. The van der Waals surface area contributed by atoms with Crippen LogP contribution in [-0.2, 0) is 17.6 Å². The Labute approximate surface area is 149 Å². The number of methoxy groups -OCH3 is 1. The molecule has 2 aromatic rings. The van der Waals surface area contributed by atoms with Crippen molar-refractivity contribution in [1.29, 1.82) is 5.26 Å². The number of hydrogen-bond donors (Lipinski definition) is 2. The zero-order valence-corrected chi connectivity index (χ0v) is 14.4. The van der Waals surface area contributed by atoms with Crippen LogP contribution < -0.4 is 10.1 Å². The molecule has 0 aliphatic heterocycles. The smallest absolute Gasteiger partial charge is 0.272 e. The molecule has 0 unspecified atom stereocenters. The summed E-state index contributed by atoms with van der Waals surface area (Å²) >= 11 is 0. The molecule has 1 aliphatic carbocycles. The van der Waals surface area contributed by atoms with Crippen LogP contribution in [0.2, 0.25) is 0 Å². The van der Waals surface area contributed by atoms with E-state index in [1.165, 1.54) is 13.3 Å². The quantitative estimate of drug-likeness (QED) is 0.484. The van der Waals surface area contributed by atoms with Gasteiger partial charge in [-0.3, -0.25) is 10.1 Å². The molecule has 3 rings (SSSR count). The minimum absolute atomic E-state index is 0.0232. The maximum Gasteiger partial charge on any atom is 0.272 e. The molecule has 0 spiro atoms. The molecule has 9 heteroatoms. The summed E-state index contributed by atoms with van der Waals surface area (Å²) in [6.45, 7) is 1.56. The molecule has 0 saturated carbocycles. The van der Waals surface area contributed by atoms with E-state index < -0.39 is 17.2 Å². The summed E-state index contributed by atoms with van der Waals surface area (Å²) in [6.07, 6.45) is 4.85. The zero-order valence-electron chi connectivity index (χ0n) is 14.4. The number of aromatic nitrogens is 3. The second kappa shape index (κ2) is 7.23. The average Bonchev–Trinajstić information content (AvgIpc) is 3.07. The Balaban J connectivity index is 1.92. The summed E-state index contributed by atoms with van der Waals surface area (Å²) in [5.74, 6) is -0.631. The van der Waals surface area contributed by atoms with E-state index in [9.17, 15) is 15.2 Å². The fourth-order valence-electron chi connectivity index (χ4n) is 2.82. The molecule has 0 radical (unpaired) electrons. The number of amides is 1. The summed E-state index contributed by atoms with van der Waals surface area (Å²) in [5.41, 5.74) is 1.44. The SMILES string of the molecule is COc1nc(NC(=O)/C(C#N)=C(\O)c2cnoc2C)nc2c1CCCC2. The van der Waals surface area contributed by atoms with Gasteiger partial charge in [-0.1, -0.05) is 5.16 Å². The molecule has 0 aromatic carbocycles. The van der Waals surface area contributed by atoms with Crippen LogP contribution in [0.4, 0.5) is 5.95 Å². The Bertz CT molecular complexity index is 908. The fourth-order valence-corrected chi connectivity index (χ4v) is 2.82. The Morgan fingerprint density at radius 2 is 2.15 bits per heavy atom. The second-order valence-electron chi connectivity index (χ2n) is 5.77. The first-order valence-electron chi connectivity index (χ1n) is 8.05. The van der Waals surface area contributed by atoms with Crippen LogP contribution in [0.3, 0.4) is 0 Å². The van der Waals surface area contributed by atoms with Crippen LogP contribution in [0.5, 0.6) is 5.88 Å². The third-order valence-corrected chi connectivity index (χ3v) is 4.15. The van der Waals surface area contributed by atoms with Crippen molar-refractivity contribution in [3.8, 4) is 11.9 Å². The fraction of sp³-hybridized carbons (Fsp3) is 0.353. The molecule has 2 N–H and O–H groups in total. The van der Waals surface area contributed by atoms with Gasteiger partial charge in [-0.25, -0.2) is 4.98 Å². The first-order chi connectivity index (χ1) is 12.5. The lowest BCUT2D eigenvalue weighted by atomic mass is 9.97. The molecule has 0 saturated heterocycles. The van der Waals surface area contributed by atoms with Gasteiger partial charge < -0.3 is 14.4 Å². The minimum atomic E-state index is -0.830. The van der Waals surface area contributed by atoms with E-state index in [-0.39, 0.29) is 17.3 Å². The van der Waals surface area contributed by atoms with Crippen molar-refractivity contribution >= 4 is 17.6 Å². The molecular weight excluding hydrogens is 338 g/mol. The van der Waals surface area contributed by atoms with Gasteiger partial charge >= 0.3 is 0 Å². The van der Waals surface area contributed by atoms with Gasteiger partial charge in [0.15, 0.2) is 11.3 Å². The molecule has 134 valence electrons. The molecule has 0 bridgehead atoms. The van der Waals surface area contributed by atoms with Gasteiger partial charge in [-0.05, 0) is 32.6 Å². The highest BCUT2D eigenvalue weighted by atomic mass is 16.5. The lowest BCUT2D eigenvalue weighted by Crippen LogP contribution is -2.19. The third kappa shape index (κ3) is 3.21. The van der Waals surface area contributed by atoms with Gasteiger partial charge in [0.2, 0.25) is 11.8 Å². The molecule has 26 heavy (non-hydrogen) atoms. The van der Waals surface area contributed by atoms with Crippen molar-refractivity contribution in [2.75, 3.05) is 12.4 Å². The van der Waals surface area contributed by atoms with E-state index in [0.717, 1.165) is 36.9 Å². The van der Waals surface area contributed by atoms with Crippen molar-refractivity contribution in [3.63, 3.8) is 0 Å². The lowest BCUT2D eigenvalue weighted by molar-refractivity contribution is -0.112. The number of fused-ring (bicyclic) bond motifs is 1. The van der Waals surface area contributed by atoms with E-state index in [2.05, 4.69) is 20.4 Å². The molecule has 0 atom stereocenters. The predicted molar refractivity (Wildman–Crippen MR) is 90.3 cm³/mol. The maximum atomic E-state index is 12.4. The first kappa shape index (κ1) is 17.4.